The van der Waals surface area contributed by atoms with Crippen molar-refractivity contribution in [3.05, 3.63) is 0 Å². The van der Waals surface area contributed by atoms with Gasteiger partial charge in [0.15, 0.2) is 11.9 Å². The van der Waals surface area contributed by atoms with Crippen LogP contribution in [0.15, 0.2) is 20.0 Å². The topological polar surface area (TPSA) is 75.5 Å². The van der Waals surface area contributed by atoms with Crippen molar-refractivity contribution in [3.63, 3.8) is 0 Å². The molecule has 0 fully saturated rings. The summed E-state index contributed by atoms with van der Waals surface area (Å²) in [6.45, 7) is 0. The predicted octanol–water partition coefficient (Wildman–Crippen LogP) is 0.328. The van der Waals surface area contributed by atoms with Crippen molar-refractivity contribution >= 4 is 45.5 Å². The second-order valence-electron chi connectivity index (χ2n) is 2.18. The average Bonchev–Trinajstić information content (AvgIpc) is 2.29. The molecule has 2 rings (SSSR count). The summed E-state index contributed by atoms with van der Waals surface area (Å²) in [6.07, 6.45) is 0. The standard InChI is InChI=1S/C5H3Cl2N5/c6-2-1-3(11-4(7)9-1)12-5(8)10-2/h1H,(H2,8,9,11,12). The number of guanidine groups is 1. The quantitative estimate of drug-likeness (QED) is 0.567. The zero-order chi connectivity index (χ0) is 8.72. The van der Waals surface area contributed by atoms with Gasteiger partial charge in [0.1, 0.15) is 5.17 Å². The third kappa shape index (κ3) is 1.11. The van der Waals surface area contributed by atoms with E-state index in [0.29, 0.717) is 5.84 Å². The lowest BCUT2D eigenvalue weighted by Gasteiger charge is -2.09. The first-order valence-electron chi connectivity index (χ1n) is 3.07. The summed E-state index contributed by atoms with van der Waals surface area (Å²) in [5, 5.41) is 0.374. The van der Waals surface area contributed by atoms with Gasteiger partial charge >= 0.3 is 0 Å². The highest BCUT2D eigenvalue weighted by molar-refractivity contribution is 6.72. The summed E-state index contributed by atoms with van der Waals surface area (Å²) in [6, 6.07) is -0.452. The van der Waals surface area contributed by atoms with Crippen LogP contribution in [0.25, 0.3) is 0 Å². The Hall–Kier alpha value is -0.940. The molecular formula is C5H3Cl2N5. The summed E-state index contributed by atoms with van der Waals surface area (Å²) in [4.78, 5) is 15.2. The lowest BCUT2D eigenvalue weighted by atomic mass is 10.3. The molecule has 2 aliphatic heterocycles. The van der Waals surface area contributed by atoms with Gasteiger partial charge in [-0.3, -0.25) is 0 Å². The number of hydrogen-bond donors (Lipinski definition) is 1. The molecule has 5 nitrogen and oxygen atoms in total. The number of nitrogens with two attached hydrogens (primary N) is 1. The zero-order valence-electron chi connectivity index (χ0n) is 5.70. The summed E-state index contributed by atoms with van der Waals surface area (Å²) in [5.41, 5.74) is 5.33. The van der Waals surface area contributed by atoms with E-state index in [1.807, 2.05) is 0 Å². The molecule has 0 spiro atoms. The average molecular weight is 204 g/mol. The van der Waals surface area contributed by atoms with Crippen molar-refractivity contribution in [3.8, 4) is 0 Å². The zero-order valence-corrected chi connectivity index (χ0v) is 7.21. The lowest BCUT2D eigenvalue weighted by molar-refractivity contribution is 1.14. The van der Waals surface area contributed by atoms with Crippen LogP contribution >= 0.6 is 23.2 Å². The molecule has 0 aromatic heterocycles. The van der Waals surface area contributed by atoms with Crippen LogP contribution in [0.5, 0.6) is 0 Å². The number of rotatable bonds is 0. The number of aliphatic imine (C=N–C) groups is 4. The molecule has 0 bridgehead atoms. The summed E-state index contributed by atoms with van der Waals surface area (Å²) in [7, 11) is 0. The highest BCUT2D eigenvalue weighted by atomic mass is 35.5. The molecule has 0 amide bonds. The Morgan fingerprint density at radius 2 is 1.92 bits per heavy atom. The number of halogens is 2. The van der Waals surface area contributed by atoms with Gasteiger partial charge in [-0.1, -0.05) is 11.6 Å². The van der Waals surface area contributed by atoms with Crippen LogP contribution in [-0.4, -0.2) is 28.3 Å². The minimum atomic E-state index is -0.452. The molecule has 0 aliphatic carbocycles. The van der Waals surface area contributed by atoms with E-state index in [0.717, 1.165) is 0 Å². The molecule has 0 saturated carbocycles. The van der Waals surface area contributed by atoms with E-state index < -0.39 is 6.04 Å². The normalized spacial score (nSPS) is 27.0. The summed E-state index contributed by atoms with van der Waals surface area (Å²) >= 11 is 11.3. The molecule has 62 valence electrons. The summed E-state index contributed by atoms with van der Waals surface area (Å²) in [5.74, 6) is 0.481. The van der Waals surface area contributed by atoms with Gasteiger partial charge in [0.05, 0.1) is 0 Å². The van der Waals surface area contributed by atoms with Gasteiger partial charge < -0.3 is 5.73 Å². The third-order valence-corrected chi connectivity index (χ3v) is 1.84. The molecule has 2 N–H and O–H groups in total. The third-order valence-electron chi connectivity index (χ3n) is 1.36. The molecule has 1 unspecified atom stereocenters. The van der Waals surface area contributed by atoms with Gasteiger partial charge in [-0.05, 0) is 11.6 Å². The largest absolute Gasteiger partial charge is 0.368 e. The van der Waals surface area contributed by atoms with Gasteiger partial charge in [0.2, 0.25) is 11.3 Å². The lowest BCUT2D eigenvalue weighted by Crippen LogP contribution is -2.29. The predicted molar refractivity (Wildman–Crippen MR) is 49.4 cm³/mol. The fourth-order valence-corrected chi connectivity index (χ4v) is 1.32. The summed E-state index contributed by atoms with van der Waals surface area (Å²) < 4.78 is 0. The smallest absolute Gasteiger partial charge is 0.223 e. The first-order chi connectivity index (χ1) is 5.66. The van der Waals surface area contributed by atoms with Crippen LogP contribution in [0.2, 0.25) is 0 Å². The minimum absolute atomic E-state index is 0.0802. The maximum Gasteiger partial charge on any atom is 0.223 e. The highest BCUT2D eigenvalue weighted by Gasteiger charge is 2.29. The van der Waals surface area contributed by atoms with Gasteiger partial charge in [-0.15, -0.1) is 0 Å². The minimum Gasteiger partial charge on any atom is -0.368 e. The molecule has 7 heteroatoms. The molecule has 2 aliphatic rings. The molecule has 0 radical (unpaired) electrons. The monoisotopic (exact) mass is 203 g/mol. The van der Waals surface area contributed by atoms with Gasteiger partial charge in [0, 0.05) is 0 Å². The van der Waals surface area contributed by atoms with Crippen molar-refractivity contribution in [2.45, 2.75) is 6.04 Å². The van der Waals surface area contributed by atoms with E-state index in [4.69, 9.17) is 28.9 Å². The van der Waals surface area contributed by atoms with Crippen LogP contribution in [0.3, 0.4) is 0 Å². The Labute approximate surface area is 77.7 Å². The Balaban J connectivity index is 2.46. The van der Waals surface area contributed by atoms with E-state index in [1.54, 1.807) is 0 Å². The van der Waals surface area contributed by atoms with Crippen LogP contribution in [0.1, 0.15) is 0 Å². The van der Waals surface area contributed by atoms with E-state index in [9.17, 15) is 0 Å². The SMILES string of the molecule is NC1=NC2=NC(Cl)=NC2C(Cl)=N1. The Morgan fingerprint density at radius 3 is 2.67 bits per heavy atom. The number of fused-ring (bicyclic) bond motifs is 1. The molecule has 2 heterocycles. The molecule has 12 heavy (non-hydrogen) atoms. The fourth-order valence-electron chi connectivity index (χ4n) is 0.908. The van der Waals surface area contributed by atoms with E-state index in [1.165, 1.54) is 0 Å². The van der Waals surface area contributed by atoms with E-state index >= 15 is 0 Å². The highest BCUT2D eigenvalue weighted by Crippen LogP contribution is 2.16. The van der Waals surface area contributed by atoms with Crippen LogP contribution in [-0.2, 0) is 0 Å². The maximum absolute atomic E-state index is 5.72. The number of amidine groups is 2. The molecule has 0 saturated heterocycles. The molecule has 0 aromatic carbocycles. The fraction of sp³-hybridized carbons (Fsp3) is 0.200. The Kier molecular flexibility index (Phi) is 1.62. The van der Waals surface area contributed by atoms with Gasteiger partial charge in [-0.2, -0.15) is 4.99 Å². The second-order valence-corrected chi connectivity index (χ2v) is 2.90. The second kappa shape index (κ2) is 2.53. The van der Waals surface area contributed by atoms with E-state index in [-0.39, 0.29) is 16.4 Å². The van der Waals surface area contributed by atoms with Crippen LogP contribution in [0.4, 0.5) is 0 Å². The number of nitrogens with zero attached hydrogens (tertiary/aromatic N) is 4. The van der Waals surface area contributed by atoms with Crippen molar-refractivity contribution in [1.29, 1.82) is 0 Å². The van der Waals surface area contributed by atoms with E-state index in [2.05, 4.69) is 20.0 Å². The van der Waals surface area contributed by atoms with Gasteiger partial charge in [0.25, 0.3) is 0 Å². The van der Waals surface area contributed by atoms with Crippen molar-refractivity contribution in [2.75, 3.05) is 0 Å². The van der Waals surface area contributed by atoms with Crippen molar-refractivity contribution in [2.24, 2.45) is 25.7 Å². The van der Waals surface area contributed by atoms with Crippen molar-refractivity contribution < 1.29 is 0 Å². The van der Waals surface area contributed by atoms with Crippen LogP contribution < -0.4 is 5.73 Å². The molecular weight excluding hydrogens is 201 g/mol. The Morgan fingerprint density at radius 1 is 1.17 bits per heavy atom. The first-order valence-corrected chi connectivity index (χ1v) is 3.82. The number of hydrogen-bond acceptors (Lipinski definition) is 5. The molecule has 1 atom stereocenters. The Bertz CT molecular complexity index is 350. The van der Waals surface area contributed by atoms with Crippen LogP contribution in [0, 0.1) is 0 Å². The first kappa shape index (κ1) is 7.70. The maximum atomic E-state index is 5.72. The van der Waals surface area contributed by atoms with Gasteiger partial charge in [-0.25, -0.2) is 15.0 Å². The van der Waals surface area contributed by atoms with Crippen molar-refractivity contribution in [1.82, 2.24) is 0 Å². The molecule has 0 aromatic rings.